The van der Waals surface area contributed by atoms with Gasteiger partial charge in [-0.2, -0.15) is 4.31 Å². The molecular formula is C14H21N3O2S. The van der Waals surface area contributed by atoms with Crippen molar-refractivity contribution in [3.05, 3.63) is 18.3 Å². The Morgan fingerprint density at radius 3 is 2.95 bits per heavy atom. The van der Waals surface area contributed by atoms with Crippen molar-refractivity contribution in [1.82, 2.24) is 9.29 Å². The molecule has 1 saturated heterocycles. The number of hydrogen-bond acceptors (Lipinski definition) is 4. The lowest BCUT2D eigenvalue weighted by Gasteiger charge is -2.26. The number of aromatic nitrogens is 1. The minimum atomic E-state index is -3.36. The van der Waals surface area contributed by atoms with Gasteiger partial charge < -0.3 is 5.32 Å². The summed E-state index contributed by atoms with van der Waals surface area (Å²) < 4.78 is 27.1. The number of anilines is 1. The first-order chi connectivity index (χ1) is 9.61. The summed E-state index contributed by atoms with van der Waals surface area (Å²) >= 11 is 0. The highest BCUT2D eigenvalue weighted by Crippen LogP contribution is 2.40. The number of sulfonamides is 1. The summed E-state index contributed by atoms with van der Waals surface area (Å²) in [4.78, 5) is 4.53. The third-order valence-electron chi connectivity index (χ3n) is 4.25. The van der Waals surface area contributed by atoms with Crippen LogP contribution >= 0.6 is 0 Å². The smallest absolute Gasteiger partial charge is 0.243 e. The van der Waals surface area contributed by atoms with E-state index >= 15 is 0 Å². The molecule has 0 aromatic carbocycles. The summed E-state index contributed by atoms with van der Waals surface area (Å²) in [5.41, 5.74) is 0. The first-order valence-electron chi connectivity index (χ1n) is 7.33. The molecule has 1 aromatic rings. The van der Waals surface area contributed by atoms with Gasteiger partial charge in [0.1, 0.15) is 5.82 Å². The van der Waals surface area contributed by atoms with Crippen LogP contribution in [0.15, 0.2) is 23.2 Å². The van der Waals surface area contributed by atoms with Crippen molar-refractivity contribution in [2.75, 3.05) is 18.4 Å². The van der Waals surface area contributed by atoms with Crippen molar-refractivity contribution in [3.63, 3.8) is 0 Å². The maximum absolute atomic E-state index is 12.7. The van der Waals surface area contributed by atoms with E-state index in [9.17, 15) is 8.42 Å². The van der Waals surface area contributed by atoms with Gasteiger partial charge in [0.2, 0.25) is 10.0 Å². The first kappa shape index (κ1) is 13.8. The van der Waals surface area contributed by atoms with Crippen LogP contribution in [0.3, 0.4) is 0 Å². The van der Waals surface area contributed by atoms with Crippen molar-refractivity contribution in [2.45, 2.75) is 43.5 Å². The zero-order valence-electron chi connectivity index (χ0n) is 11.7. The van der Waals surface area contributed by atoms with Gasteiger partial charge in [-0.1, -0.05) is 6.92 Å². The Morgan fingerprint density at radius 1 is 1.45 bits per heavy atom. The molecule has 2 bridgehead atoms. The van der Waals surface area contributed by atoms with Gasteiger partial charge in [0.25, 0.3) is 0 Å². The van der Waals surface area contributed by atoms with Gasteiger partial charge in [-0.25, -0.2) is 13.4 Å². The minimum Gasteiger partial charge on any atom is -0.370 e. The predicted molar refractivity (Wildman–Crippen MR) is 78.0 cm³/mol. The van der Waals surface area contributed by atoms with E-state index in [4.69, 9.17) is 0 Å². The highest BCUT2D eigenvalue weighted by Gasteiger charge is 2.44. The normalized spacial score (nSPS) is 26.1. The maximum Gasteiger partial charge on any atom is 0.243 e. The Balaban J connectivity index is 1.84. The molecule has 5 nitrogen and oxygen atoms in total. The van der Waals surface area contributed by atoms with Gasteiger partial charge in [0, 0.05) is 31.4 Å². The molecule has 2 unspecified atom stereocenters. The standard InChI is InChI=1S/C14H21N3O2S/c1-2-6-15-14-9-13(5-7-16-14)20(18,19)17-10-11-3-4-12(17)8-11/h5,7,9,11-12H,2-4,6,8,10H2,1H3,(H,15,16). The SMILES string of the molecule is CCCNc1cc(S(=O)(=O)N2CC3CCC2C3)ccn1. The largest absolute Gasteiger partial charge is 0.370 e. The van der Waals surface area contributed by atoms with Crippen LogP contribution in [0, 0.1) is 5.92 Å². The second-order valence-electron chi connectivity index (χ2n) is 5.71. The van der Waals surface area contributed by atoms with Crippen LogP contribution in [-0.2, 0) is 10.0 Å². The van der Waals surface area contributed by atoms with E-state index in [0.717, 1.165) is 25.8 Å². The molecule has 1 aliphatic heterocycles. The Hall–Kier alpha value is -1.14. The molecule has 2 fully saturated rings. The molecule has 110 valence electrons. The Kier molecular flexibility index (Phi) is 3.69. The van der Waals surface area contributed by atoms with Crippen molar-refractivity contribution in [1.29, 1.82) is 0 Å². The van der Waals surface area contributed by atoms with Crippen LogP contribution in [0.2, 0.25) is 0 Å². The quantitative estimate of drug-likeness (QED) is 0.903. The topological polar surface area (TPSA) is 62.3 Å². The Labute approximate surface area is 120 Å². The molecular weight excluding hydrogens is 274 g/mol. The molecule has 1 N–H and O–H groups in total. The van der Waals surface area contributed by atoms with E-state index in [1.54, 1.807) is 22.6 Å². The van der Waals surface area contributed by atoms with Gasteiger partial charge in [-0.3, -0.25) is 0 Å². The van der Waals surface area contributed by atoms with E-state index in [-0.39, 0.29) is 6.04 Å². The average Bonchev–Trinajstić information content (AvgIpc) is 3.08. The molecule has 1 aromatic heterocycles. The summed E-state index contributed by atoms with van der Waals surface area (Å²) in [5.74, 6) is 1.20. The van der Waals surface area contributed by atoms with Crippen molar-refractivity contribution in [2.24, 2.45) is 5.92 Å². The van der Waals surface area contributed by atoms with Crippen LogP contribution in [0.25, 0.3) is 0 Å². The van der Waals surface area contributed by atoms with E-state index in [1.807, 2.05) is 0 Å². The third kappa shape index (κ3) is 2.42. The fraction of sp³-hybridized carbons (Fsp3) is 0.643. The van der Waals surface area contributed by atoms with Gasteiger partial charge >= 0.3 is 0 Å². The Morgan fingerprint density at radius 2 is 2.30 bits per heavy atom. The molecule has 2 aliphatic rings. The number of hydrogen-bond donors (Lipinski definition) is 1. The lowest BCUT2D eigenvalue weighted by Crippen LogP contribution is -2.37. The maximum atomic E-state index is 12.7. The van der Waals surface area contributed by atoms with E-state index in [1.165, 1.54) is 6.42 Å². The molecule has 0 radical (unpaired) electrons. The van der Waals surface area contributed by atoms with Crippen LogP contribution < -0.4 is 5.32 Å². The van der Waals surface area contributed by atoms with Crippen molar-refractivity contribution in [3.8, 4) is 0 Å². The summed E-state index contributed by atoms with van der Waals surface area (Å²) in [5, 5.41) is 3.14. The van der Waals surface area contributed by atoms with E-state index in [0.29, 0.717) is 23.2 Å². The van der Waals surface area contributed by atoms with Gasteiger partial charge in [0.05, 0.1) is 4.90 Å². The molecule has 1 saturated carbocycles. The summed E-state index contributed by atoms with van der Waals surface area (Å²) in [7, 11) is -3.36. The van der Waals surface area contributed by atoms with Gasteiger partial charge in [0.15, 0.2) is 0 Å². The molecule has 1 aliphatic carbocycles. The highest BCUT2D eigenvalue weighted by atomic mass is 32.2. The van der Waals surface area contributed by atoms with Crippen LogP contribution in [0.4, 0.5) is 5.82 Å². The van der Waals surface area contributed by atoms with Crippen LogP contribution in [-0.4, -0.2) is 36.8 Å². The van der Waals surface area contributed by atoms with Crippen molar-refractivity contribution >= 4 is 15.8 Å². The lowest BCUT2D eigenvalue weighted by atomic mass is 10.1. The number of fused-ring (bicyclic) bond motifs is 2. The van der Waals surface area contributed by atoms with Crippen molar-refractivity contribution < 1.29 is 8.42 Å². The lowest BCUT2D eigenvalue weighted by molar-refractivity contribution is 0.333. The first-order valence-corrected chi connectivity index (χ1v) is 8.77. The molecule has 20 heavy (non-hydrogen) atoms. The fourth-order valence-electron chi connectivity index (χ4n) is 3.23. The predicted octanol–water partition coefficient (Wildman–Crippen LogP) is 2.08. The second-order valence-corrected chi connectivity index (χ2v) is 7.60. The number of piperidine rings is 1. The van der Waals surface area contributed by atoms with E-state index in [2.05, 4.69) is 17.2 Å². The van der Waals surface area contributed by atoms with E-state index < -0.39 is 10.0 Å². The third-order valence-corrected chi connectivity index (χ3v) is 6.17. The highest BCUT2D eigenvalue weighted by molar-refractivity contribution is 7.89. The summed E-state index contributed by atoms with van der Waals surface area (Å²) in [6, 6.07) is 3.46. The zero-order valence-corrected chi connectivity index (χ0v) is 12.6. The zero-order chi connectivity index (χ0) is 14.2. The number of nitrogens with zero attached hydrogens (tertiary/aromatic N) is 2. The summed E-state index contributed by atoms with van der Waals surface area (Å²) in [6.45, 7) is 3.55. The molecule has 3 rings (SSSR count). The number of rotatable bonds is 5. The molecule has 0 amide bonds. The number of pyridine rings is 1. The summed E-state index contributed by atoms with van der Waals surface area (Å²) in [6.07, 6.45) is 5.77. The van der Waals surface area contributed by atoms with Crippen LogP contribution in [0.5, 0.6) is 0 Å². The minimum absolute atomic E-state index is 0.213. The van der Waals surface area contributed by atoms with Gasteiger partial charge in [-0.05, 0) is 37.7 Å². The van der Waals surface area contributed by atoms with Gasteiger partial charge in [-0.15, -0.1) is 0 Å². The molecule has 6 heteroatoms. The molecule has 2 heterocycles. The molecule has 0 spiro atoms. The van der Waals surface area contributed by atoms with Crippen LogP contribution in [0.1, 0.15) is 32.6 Å². The average molecular weight is 295 g/mol. The Bertz CT molecular complexity index is 588. The fourth-order valence-corrected chi connectivity index (χ4v) is 4.99. The second kappa shape index (κ2) is 5.33. The molecule has 2 atom stereocenters. The number of nitrogens with one attached hydrogen (secondary N) is 1. The monoisotopic (exact) mass is 295 g/mol.